The number of hydrogen-bond donors (Lipinski definition) is 1. The first kappa shape index (κ1) is 14.2. The van der Waals surface area contributed by atoms with Crippen LogP contribution in [0, 0.1) is 11.3 Å². The van der Waals surface area contributed by atoms with Crippen LogP contribution >= 0.6 is 0 Å². The van der Waals surface area contributed by atoms with Crippen molar-refractivity contribution in [2.75, 3.05) is 6.54 Å². The van der Waals surface area contributed by atoms with Gasteiger partial charge in [-0.3, -0.25) is 14.6 Å². The molecule has 3 rings (SSSR count). The van der Waals surface area contributed by atoms with E-state index in [0.717, 1.165) is 25.2 Å². The lowest BCUT2D eigenvalue weighted by Crippen LogP contribution is -2.24. The van der Waals surface area contributed by atoms with Crippen molar-refractivity contribution in [1.82, 2.24) is 19.7 Å². The summed E-state index contributed by atoms with van der Waals surface area (Å²) in [6.45, 7) is 2.70. The maximum absolute atomic E-state index is 11.3. The quantitative estimate of drug-likeness (QED) is 0.916. The molecule has 0 aliphatic carbocycles. The van der Waals surface area contributed by atoms with Gasteiger partial charge in [0.25, 0.3) is 0 Å². The summed E-state index contributed by atoms with van der Waals surface area (Å²) in [7, 11) is 0. The van der Waals surface area contributed by atoms with Gasteiger partial charge in [0.1, 0.15) is 6.07 Å². The SMILES string of the molecule is N#Cc1cc2n(n1)CCCN(Cc1ncccc1C(=O)O)C2. The Hall–Kier alpha value is -2.72. The summed E-state index contributed by atoms with van der Waals surface area (Å²) < 4.78 is 1.86. The largest absolute Gasteiger partial charge is 0.478 e. The number of nitrogens with zero attached hydrogens (tertiary/aromatic N) is 5. The summed E-state index contributed by atoms with van der Waals surface area (Å²) in [5.41, 5.74) is 2.18. The van der Waals surface area contributed by atoms with Gasteiger partial charge >= 0.3 is 5.97 Å². The fourth-order valence-electron chi connectivity index (χ4n) is 2.69. The highest BCUT2D eigenvalue weighted by molar-refractivity contribution is 5.88. The summed E-state index contributed by atoms with van der Waals surface area (Å²) in [5, 5.41) is 22.4. The Morgan fingerprint density at radius 1 is 1.45 bits per heavy atom. The minimum absolute atomic E-state index is 0.234. The average Bonchev–Trinajstić information content (AvgIpc) is 2.80. The molecule has 1 aliphatic rings. The van der Waals surface area contributed by atoms with Crippen molar-refractivity contribution in [3.05, 3.63) is 47.0 Å². The third kappa shape index (κ3) is 2.82. The standard InChI is InChI=1S/C15H15N5O2/c16-8-11-7-12-9-19(5-2-6-20(12)18-11)10-14-13(15(21)22)3-1-4-17-14/h1,3-4,7H,2,5-6,9-10H2,(H,21,22). The first-order valence-corrected chi connectivity index (χ1v) is 7.04. The van der Waals surface area contributed by atoms with Crippen molar-refractivity contribution < 1.29 is 9.90 Å². The highest BCUT2D eigenvalue weighted by Crippen LogP contribution is 2.17. The Morgan fingerprint density at radius 3 is 3.09 bits per heavy atom. The molecule has 1 N–H and O–H groups in total. The summed E-state index contributed by atoms with van der Waals surface area (Å²) in [6.07, 6.45) is 2.51. The van der Waals surface area contributed by atoms with Gasteiger partial charge in [0, 0.05) is 32.4 Å². The summed E-state index contributed by atoms with van der Waals surface area (Å²) in [6, 6.07) is 7.04. The maximum Gasteiger partial charge on any atom is 0.337 e. The van der Waals surface area contributed by atoms with E-state index in [-0.39, 0.29) is 5.56 Å². The van der Waals surface area contributed by atoms with Crippen LogP contribution in [-0.4, -0.2) is 37.3 Å². The Bertz CT molecular complexity index is 747. The van der Waals surface area contributed by atoms with E-state index in [0.29, 0.717) is 24.5 Å². The second-order valence-electron chi connectivity index (χ2n) is 5.22. The van der Waals surface area contributed by atoms with Gasteiger partial charge in [0.05, 0.1) is 17.0 Å². The van der Waals surface area contributed by atoms with Crippen LogP contribution in [0.5, 0.6) is 0 Å². The highest BCUT2D eigenvalue weighted by Gasteiger charge is 2.19. The van der Waals surface area contributed by atoms with Crippen LogP contribution in [0.15, 0.2) is 24.4 Å². The van der Waals surface area contributed by atoms with E-state index in [1.807, 2.05) is 4.68 Å². The molecule has 0 amide bonds. The molecule has 0 unspecified atom stereocenters. The second kappa shape index (κ2) is 5.95. The molecule has 1 aliphatic heterocycles. The molecule has 0 radical (unpaired) electrons. The van der Waals surface area contributed by atoms with E-state index >= 15 is 0 Å². The minimum atomic E-state index is -0.963. The molecule has 7 nitrogen and oxygen atoms in total. The Labute approximate surface area is 127 Å². The topological polar surface area (TPSA) is 95.0 Å². The van der Waals surface area contributed by atoms with Crippen LogP contribution < -0.4 is 0 Å². The monoisotopic (exact) mass is 297 g/mol. The molecule has 7 heteroatoms. The summed E-state index contributed by atoms with van der Waals surface area (Å²) in [4.78, 5) is 17.6. The maximum atomic E-state index is 11.3. The van der Waals surface area contributed by atoms with Crippen LogP contribution in [-0.2, 0) is 19.6 Å². The van der Waals surface area contributed by atoms with E-state index in [4.69, 9.17) is 5.26 Å². The molecule has 0 saturated heterocycles. The van der Waals surface area contributed by atoms with Crippen LogP contribution in [0.2, 0.25) is 0 Å². The molecule has 0 aromatic carbocycles. The van der Waals surface area contributed by atoms with Crippen molar-refractivity contribution in [3.63, 3.8) is 0 Å². The highest BCUT2D eigenvalue weighted by atomic mass is 16.4. The van der Waals surface area contributed by atoms with E-state index in [9.17, 15) is 9.90 Å². The lowest BCUT2D eigenvalue weighted by atomic mass is 10.2. The molecule has 2 aromatic rings. The minimum Gasteiger partial charge on any atom is -0.478 e. The van der Waals surface area contributed by atoms with Crippen LogP contribution in [0.1, 0.15) is 33.9 Å². The number of rotatable bonds is 3. The Kier molecular flexibility index (Phi) is 3.85. The van der Waals surface area contributed by atoms with Crippen LogP contribution in [0.3, 0.4) is 0 Å². The van der Waals surface area contributed by atoms with Crippen molar-refractivity contribution in [2.45, 2.75) is 26.1 Å². The van der Waals surface area contributed by atoms with Crippen molar-refractivity contribution in [3.8, 4) is 6.07 Å². The van der Waals surface area contributed by atoms with Gasteiger partial charge in [-0.15, -0.1) is 0 Å². The molecule has 0 bridgehead atoms. The molecule has 0 spiro atoms. The molecular weight excluding hydrogens is 282 g/mol. The number of nitriles is 1. The number of aromatic carboxylic acids is 1. The fourth-order valence-corrected chi connectivity index (χ4v) is 2.69. The van der Waals surface area contributed by atoms with Gasteiger partial charge < -0.3 is 5.11 Å². The zero-order valence-corrected chi connectivity index (χ0v) is 11.9. The number of carboxylic acids is 1. The third-order valence-corrected chi connectivity index (χ3v) is 3.70. The van der Waals surface area contributed by atoms with E-state index in [1.54, 1.807) is 24.4 Å². The molecule has 0 fully saturated rings. The predicted molar refractivity (Wildman–Crippen MR) is 76.9 cm³/mol. The average molecular weight is 297 g/mol. The molecule has 0 saturated carbocycles. The van der Waals surface area contributed by atoms with Crippen molar-refractivity contribution in [1.29, 1.82) is 5.26 Å². The molecule has 22 heavy (non-hydrogen) atoms. The first-order valence-electron chi connectivity index (χ1n) is 7.04. The van der Waals surface area contributed by atoms with Gasteiger partial charge in [0.2, 0.25) is 0 Å². The van der Waals surface area contributed by atoms with Crippen LogP contribution in [0.4, 0.5) is 0 Å². The number of carboxylic acid groups (broad SMARTS) is 1. The smallest absolute Gasteiger partial charge is 0.337 e. The Morgan fingerprint density at radius 2 is 2.32 bits per heavy atom. The zero-order valence-electron chi connectivity index (χ0n) is 11.9. The van der Waals surface area contributed by atoms with E-state index in [2.05, 4.69) is 21.1 Å². The van der Waals surface area contributed by atoms with Crippen LogP contribution in [0.25, 0.3) is 0 Å². The van der Waals surface area contributed by atoms with E-state index in [1.165, 1.54) is 0 Å². The number of pyridine rings is 1. The van der Waals surface area contributed by atoms with Gasteiger partial charge in [-0.25, -0.2) is 4.79 Å². The number of fused-ring (bicyclic) bond motifs is 1. The number of aryl methyl sites for hydroxylation is 1. The lowest BCUT2D eigenvalue weighted by molar-refractivity contribution is 0.0693. The van der Waals surface area contributed by atoms with Gasteiger partial charge in [0.15, 0.2) is 5.69 Å². The number of aromatic nitrogens is 3. The zero-order chi connectivity index (χ0) is 15.5. The fraction of sp³-hybridized carbons (Fsp3) is 0.333. The van der Waals surface area contributed by atoms with Gasteiger partial charge in [-0.05, 0) is 24.6 Å². The number of hydrogen-bond acceptors (Lipinski definition) is 5. The van der Waals surface area contributed by atoms with E-state index < -0.39 is 5.97 Å². The molecular formula is C15H15N5O2. The normalized spacial score (nSPS) is 14.9. The third-order valence-electron chi connectivity index (χ3n) is 3.70. The molecule has 0 atom stereocenters. The Balaban J connectivity index is 1.82. The second-order valence-corrected chi connectivity index (χ2v) is 5.22. The first-order chi connectivity index (χ1) is 10.7. The lowest BCUT2D eigenvalue weighted by Gasteiger charge is -2.19. The van der Waals surface area contributed by atoms with Crippen molar-refractivity contribution in [2.24, 2.45) is 0 Å². The van der Waals surface area contributed by atoms with Gasteiger partial charge in [-0.1, -0.05) is 0 Å². The van der Waals surface area contributed by atoms with Crippen molar-refractivity contribution >= 4 is 5.97 Å². The number of carbonyl (C=O) groups is 1. The summed E-state index contributed by atoms with van der Waals surface area (Å²) in [5.74, 6) is -0.963. The molecule has 112 valence electrons. The molecule has 3 heterocycles. The van der Waals surface area contributed by atoms with Gasteiger partial charge in [-0.2, -0.15) is 10.4 Å². The summed E-state index contributed by atoms with van der Waals surface area (Å²) >= 11 is 0. The predicted octanol–water partition coefficient (Wildman–Crippen LogP) is 1.25. The molecule has 2 aromatic heterocycles.